The number of H-pyrrole nitrogens is 1. The number of para-hydroxylation sites is 2. The summed E-state index contributed by atoms with van der Waals surface area (Å²) in [6.45, 7) is 1.63. The van der Waals surface area contributed by atoms with E-state index in [-0.39, 0.29) is 18.4 Å². The largest absolute Gasteiger partial charge is 0.479 e. The molecule has 1 aliphatic carbocycles. The molecular formula is C17H19N5O3. The Balaban J connectivity index is 1.54. The van der Waals surface area contributed by atoms with Gasteiger partial charge in [0.05, 0.1) is 11.2 Å². The molecule has 1 aromatic carbocycles. The number of hydrogen-bond donors (Lipinski definition) is 2. The summed E-state index contributed by atoms with van der Waals surface area (Å²) in [5.74, 6) is 0.815. The van der Waals surface area contributed by atoms with Gasteiger partial charge in [-0.15, -0.1) is 0 Å². The average Bonchev–Trinajstić information content (AvgIpc) is 3.10. The van der Waals surface area contributed by atoms with E-state index in [1.165, 1.54) is 11.2 Å². The summed E-state index contributed by atoms with van der Waals surface area (Å²) in [6, 6.07) is 7.23. The van der Waals surface area contributed by atoms with E-state index in [4.69, 9.17) is 4.74 Å². The van der Waals surface area contributed by atoms with Crippen molar-refractivity contribution in [2.24, 2.45) is 0 Å². The normalized spacial score (nSPS) is 21.1. The van der Waals surface area contributed by atoms with Crippen LogP contribution in [0.25, 0.3) is 0 Å². The summed E-state index contributed by atoms with van der Waals surface area (Å²) in [4.78, 5) is 30.8. The zero-order valence-electron chi connectivity index (χ0n) is 13.9. The van der Waals surface area contributed by atoms with Gasteiger partial charge >= 0.3 is 0 Å². The smallest absolute Gasteiger partial charge is 0.268 e. The van der Waals surface area contributed by atoms with Gasteiger partial charge in [-0.2, -0.15) is 5.10 Å². The first-order valence-corrected chi connectivity index (χ1v) is 8.33. The summed E-state index contributed by atoms with van der Waals surface area (Å²) >= 11 is 0. The van der Waals surface area contributed by atoms with Crippen LogP contribution in [0.1, 0.15) is 32.0 Å². The molecule has 0 radical (unpaired) electrons. The second-order valence-corrected chi connectivity index (χ2v) is 6.47. The molecule has 2 aromatic rings. The lowest BCUT2D eigenvalue weighted by molar-refractivity contribution is -0.129. The number of benzene rings is 1. The van der Waals surface area contributed by atoms with Crippen molar-refractivity contribution in [1.82, 2.24) is 20.5 Å². The summed E-state index contributed by atoms with van der Waals surface area (Å²) in [5.41, 5.74) is 0.108. The van der Waals surface area contributed by atoms with Gasteiger partial charge in [-0.05, 0) is 38.3 Å². The second kappa shape index (κ2) is 5.87. The van der Waals surface area contributed by atoms with Crippen LogP contribution >= 0.6 is 0 Å². The van der Waals surface area contributed by atoms with Crippen LogP contribution in [0.2, 0.25) is 0 Å². The molecule has 8 heteroatoms. The zero-order chi connectivity index (χ0) is 17.4. The Morgan fingerprint density at radius 3 is 2.92 bits per heavy atom. The molecule has 8 nitrogen and oxygen atoms in total. The first kappa shape index (κ1) is 15.6. The molecule has 130 valence electrons. The molecule has 1 saturated carbocycles. The Hall–Kier alpha value is -2.90. The molecule has 2 amide bonds. The van der Waals surface area contributed by atoms with Gasteiger partial charge in [0.1, 0.15) is 24.4 Å². The van der Waals surface area contributed by atoms with Crippen molar-refractivity contribution < 1.29 is 14.3 Å². The van der Waals surface area contributed by atoms with Crippen LogP contribution < -0.4 is 15.0 Å². The molecule has 0 saturated heterocycles. The minimum Gasteiger partial charge on any atom is -0.479 e. The van der Waals surface area contributed by atoms with E-state index in [9.17, 15) is 9.59 Å². The number of carbonyl (C=O) groups excluding carboxylic acids is 2. The number of ether oxygens (including phenoxy) is 1. The van der Waals surface area contributed by atoms with Crippen molar-refractivity contribution in [3.05, 3.63) is 36.4 Å². The van der Waals surface area contributed by atoms with E-state index in [2.05, 4.69) is 20.5 Å². The molecular weight excluding hydrogens is 322 g/mol. The minimum atomic E-state index is -0.616. The molecule has 4 rings (SSSR count). The third kappa shape index (κ3) is 2.63. The maximum atomic E-state index is 12.7. The van der Waals surface area contributed by atoms with E-state index < -0.39 is 11.6 Å². The fourth-order valence-corrected chi connectivity index (χ4v) is 3.36. The van der Waals surface area contributed by atoms with Gasteiger partial charge in [0.15, 0.2) is 6.10 Å². The van der Waals surface area contributed by atoms with Gasteiger partial charge in [-0.25, -0.2) is 4.98 Å². The lowest BCUT2D eigenvalue weighted by atomic mass is 9.76. The zero-order valence-corrected chi connectivity index (χ0v) is 13.9. The third-order valence-electron chi connectivity index (χ3n) is 4.83. The standard InChI is InChI=1S/C17H19N5O3/c1-11-15(24)22(12-5-2-3-6-13(12)25-11)9-14(23)20-17(7-4-8-17)16-18-10-19-21-16/h2-3,5-6,10-11H,4,7-9H2,1H3,(H,20,23)(H,18,19,21)/t11-/m0/s1. The van der Waals surface area contributed by atoms with Crippen LogP contribution in [0.4, 0.5) is 5.69 Å². The number of aromatic amines is 1. The van der Waals surface area contributed by atoms with E-state index in [0.717, 1.165) is 19.3 Å². The average molecular weight is 341 g/mol. The van der Waals surface area contributed by atoms with Crippen molar-refractivity contribution in [3.8, 4) is 5.75 Å². The lowest BCUT2D eigenvalue weighted by Gasteiger charge is -2.41. The number of carbonyl (C=O) groups is 2. The molecule has 25 heavy (non-hydrogen) atoms. The first-order chi connectivity index (χ1) is 12.1. The Bertz CT molecular complexity index is 800. The van der Waals surface area contributed by atoms with E-state index in [1.54, 1.807) is 19.1 Å². The van der Waals surface area contributed by atoms with Crippen molar-refractivity contribution >= 4 is 17.5 Å². The summed E-state index contributed by atoms with van der Waals surface area (Å²) < 4.78 is 5.60. The minimum absolute atomic E-state index is 0.0561. The predicted octanol–water partition coefficient (Wildman–Crippen LogP) is 1.11. The van der Waals surface area contributed by atoms with Crippen molar-refractivity contribution in [1.29, 1.82) is 0 Å². The second-order valence-electron chi connectivity index (χ2n) is 6.47. The molecule has 0 bridgehead atoms. The number of hydrogen-bond acceptors (Lipinski definition) is 5. The highest BCUT2D eigenvalue weighted by Gasteiger charge is 2.43. The molecule has 1 aromatic heterocycles. The molecule has 0 spiro atoms. The Morgan fingerprint density at radius 2 is 2.24 bits per heavy atom. The summed E-state index contributed by atoms with van der Waals surface area (Å²) in [6.07, 6.45) is 3.44. The Kier molecular flexibility index (Phi) is 3.67. The fraction of sp³-hybridized carbons (Fsp3) is 0.412. The van der Waals surface area contributed by atoms with E-state index in [0.29, 0.717) is 17.3 Å². The summed E-state index contributed by atoms with van der Waals surface area (Å²) in [7, 11) is 0. The van der Waals surface area contributed by atoms with Gasteiger partial charge in [0.2, 0.25) is 5.91 Å². The number of nitrogens with one attached hydrogen (secondary N) is 2. The SMILES string of the molecule is C[C@@H]1Oc2ccccc2N(CC(=O)NC2(c3ncn[nH]3)CCC2)C1=O. The number of fused-ring (bicyclic) bond motifs is 1. The Morgan fingerprint density at radius 1 is 1.44 bits per heavy atom. The van der Waals surface area contributed by atoms with Gasteiger partial charge in [-0.3, -0.25) is 19.6 Å². The highest BCUT2D eigenvalue weighted by molar-refractivity contribution is 6.03. The van der Waals surface area contributed by atoms with Gasteiger partial charge < -0.3 is 10.1 Å². The van der Waals surface area contributed by atoms with Crippen LogP contribution in [-0.2, 0) is 15.1 Å². The van der Waals surface area contributed by atoms with E-state index >= 15 is 0 Å². The Labute approximate surface area is 144 Å². The predicted molar refractivity (Wildman–Crippen MR) is 88.9 cm³/mol. The maximum Gasteiger partial charge on any atom is 0.268 e. The van der Waals surface area contributed by atoms with Crippen LogP contribution in [-0.4, -0.2) is 39.6 Å². The molecule has 2 heterocycles. The highest BCUT2D eigenvalue weighted by atomic mass is 16.5. The number of aromatic nitrogens is 3. The summed E-state index contributed by atoms with van der Waals surface area (Å²) in [5, 5.41) is 9.76. The van der Waals surface area contributed by atoms with Crippen molar-refractivity contribution in [2.75, 3.05) is 11.4 Å². The molecule has 2 N–H and O–H groups in total. The first-order valence-electron chi connectivity index (χ1n) is 8.33. The van der Waals surface area contributed by atoms with Crippen molar-refractivity contribution in [3.63, 3.8) is 0 Å². The molecule has 0 unspecified atom stereocenters. The monoisotopic (exact) mass is 341 g/mol. The lowest BCUT2D eigenvalue weighted by Crippen LogP contribution is -2.56. The third-order valence-corrected chi connectivity index (χ3v) is 4.83. The van der Waals surface area contributed by atoms with Gasteiger partial charge in [0.25, 0.3) is 5.91 Å². The van der Waals surface area contributed by atoms with Gasteiger partial charge in [-0.1, -0.05) is 12.1 Å². The van der Waals surface area contributed by atoms with Crippen LogP contribution in [0, 0.1) is 0 Å². The number of rotatable bonds is 4. The highest BCUT2D eigenvalue weighted by Crippen LogP contribution is 2.39. The number of anilines is 1. The van der Waals surface area contributed by atoms with Crippen molar-refractivity contribution in [2.45, 2.75) is 37.8 Å². The quantitative estimate of drug-likeness (QED) is 0.868. The molecule has 1 fully saturated rings. The van der Waals surface area contributed by atoms with E-state index in [1.807, 2.05) is 12.1 Å². The number of amides is 2. The maximum absolute atomic E-state index is 12.7. The molecule has 1 aliphatic heterocycles. The van der Waals surface area contributed by atoms with Crippen LogP contribution in [0.15, 0.2) is 30.6 Å². The van der Waals surface area contributed by atoms with Crippen LogP contribution in [0.5, 0.6) is 5.75 Å². The molecule has 2 aliphatic rings. The fourth-order valence-electron chi connectivity index (χ4n) is 3.36. The van der Waals surface area contributed by atoms with Gasteiger partial charge in [0, 0.05) is 0 Å². The molecule has 1 atom stereocenters. The topological polar surface area (TPSA) is 100 Å². The van der Waals surface area contributed by atoms with Crippen LogP contribution in [0.3, 0.4) is 0 Å². The number of nitrogens with zero attached hydrogens (tertiary/aromatic N) is 3.